The smallest absolute Gasteiger partial charge is 0.306 e. The van der Waals surface area contributed by atoms with E-state index in [9.17, 15) is 18.0 Å². The lowest BCUT2D eigenvalue weighted by Crippen LogP contribution is -2.48. The van der Waals surface area contributed by atoms with Crippen LogP contribution < -0.4 is 5.32 Å². The van der Waals surface area contributed by atoms with Crippen molar-refractivity contribution in [1.29, 1.82) is 0 Å². The second-order valence-corrected chi connectivity index (χ2v) is 8.25. The topological polar surface area (TPSA) is 89.5 Å². The Morgan fingerprint density at radius 1 is 1.21 bits per heavy atom. The van der Waals surface area contributed by atoms with E-state index in [2.05, 4.69) is 10.1 Å². The maximum absolute atomic E-state index is 12.1. The molecular weight excluding hydrogens is 270 g/mol. The summed E-state index contributed by atoms with van der Waals surface area (Å²) in [5.41, 5.74) is -0.507. The van der Waals surface area contributed by atoms with Crippen LogP contribution in [0.15, 0.2) is 0 Å². The average Bonchev–Trinajstić information content (AvgIpc) is 2.25. The summed E-state index contributed by atoms with van der Waals surface area (Å²) in [5.74, 6) is -1.18. The van der Waals surface area contributed by atoms with Gasteiger partial charge >= 0.3 is 5.97 Å². The van der Waals surface area contributed by atoms with Crippen molar-refractivity contribution in [2.24, 2.45) is 0 Å². The molecule has 0 aliphatic rings. The summed E-state index contributed by atoms with van der Waals surface area (Å²) in [6, 6.07) is 0. The number of esters is 1. The van der Waals surface area contributed by atoms with E-state index in [1.807, 2.05) is 0 Å². The highest BCUT2D eigenvalue weighted by molar-refractivity contribution is 7.93. The van der Waals surface area contributed by atoms with Crippen LogP contribution in [-0.4, -0.2) is 43.4 Å². The van der Waals surface area contributed by atoms with Crippen LogP contribution in [0.5, 0.6) is 0 Å². The predicted octanol–water partition coefficient (Wildman–Crippen LogP) is 0.656. The first-order valence-electron chi connectivity index (χ1n) is 6.03. The van der Waals surface area contributed by atoms with Gasteiger partial charge in [0, 0.05) is 5.54 Å². The van der Waals surface area contributed by atoms with E-state index >= 15 is 0 Å². The van der Waals surface area contributed by atoms with Gasteiger partial charge in [0.15, 0.2) is 9.84 Å². The van der Waals surface area contributed by atoms with Gasteiger partial charge in [-0.25, -0.2) is 8.42 Å². The minimum atomic E-state index is -3.73. The monoisotopic (exact) mass is 293 g/mol. The summed E-state index contributed by atoms with van der Waals surface area (Å²) in [4.78, 5) is 23.0. The molecule has 1 amide bonds. The van der Waals surface area contributed by atoms with Crippen molar-refractivity contribution in [3.05, 3.63) is 0 Å². The molecule has 0 aromatic carbocycles. The molecule has 0 heterocycles. The number of methoxy groups -OCH3 is 1. The Hall–Kier alpha value is -1.11. The Morgan fingerprint density at radius 3 is 2.05 bits per heavy atom. The fourth-order valence-corrected chi connectivity index (χ4v) is 2.83. The molecule has 112 valence electrons. The van der Waals surface area contributed by atoms with Crippen molar-refractivity contribution in [1.82, 2.24) is 5.32 Å². The summed E-state index contributed by atoms with van der Waals surface area (Å²) in [7, 11) is -2.54. The molecule has 0 aromatic heterocycles. The molecule has 19 heavy (non-hydrogen) atoms. The molecular formula is C12H23NO5S. The lowest BCUT2D eigenvalue weighted by Gasteiger charge is -2.24. The minimum absolute atomic E-state index is 0.258. The highest BCUT2D eigenvalue weighted by Crippen LogP contribution is 2.14. The maximum atomic E-state index is 12.1. The van der Waals surface area contributed by atoms with Crippen LogP contribution in [0.3, 0.4) is 0 Å². The molecule has 0 bridgehead atoms. The first-order valence-corrected chi connectivity index (χ1v) is 7.64. The Balaban J connectivity index is 4.90. The third-order valence-electron chi connectivity index (χ3n) is 2.60. The van der Waals surface area contributed by atoms with Crippen molar-refractivity contribution < 1.29 is 22.7 Å². The van der Waals surface area contributed by atoms with Crippen molar-refractivity contribution in [3.8, 4) is 0 Å². The van der Waals surface area contributed by atoms with Gasteiger partial charge in [0.25, 0.3) is 0 Å². The standard InChI is InChI=1S/C12H23NO5S/c1-8(7-10(14)18-6)19(16,17)9(2)11(15)13-12(3,4)5/h8-9H,7H2,1-6H3,(H,13,15). The molecule has 0 aliphatic carbocycles. The summed E-state index contributed by atoms with van der Waals surface area (Å²) < 4.78 is 28.7. The number of rotatable bonds is 5. The van der Waals surface area contributed by atoms with E-state index in [1.54, 1.807) is 20.8 Å². The largest absolute Gasteiger partial charge is 0.469 e. The Kier molecular flexibility index (Phi) is 5.99. The van der Waals surface area contributed by atoms with Crippen molar-refractivity contribution in [3.63, 3.8) is 0 Å². The number of sulfone groups is 1. The predicted molar refractivity (Wildman–Crippen MR) is 72.4 cm³/mol. The lowest BCUT2D eigenvalue weighted by molar-refractivity contribution is -0.140. The summed E-state index contributed by atoms with van der Waals surface area (Å²) >= 11 is 0. The van der Waals surface area contributed by atoms with Gasteiger partial charge in [0.05, 0.1) is 18.8 Å². The fraction of sp³-hybridized carbons (Fsp3) is 0.833. The van der Waals surface area contributed by atoms with Gasteiger partial charge in [-0.05, 0) is 34.6 Å². The Morgan fingerprint density at radius 2 is 1.68 bits per heavy atom. The number of hydrogen-bond acceptors (Lipinski definition) is 5. The normalized spacial score (nSPS) is 15.5. The van der Waals surface area contributed by atoms with E-state index in [-0.39, 0.29) is 6.42 Å². The summed E-state index contributed by atoms with van der Waals surface area (Å²) in [5, 5.41) is 0.453. The fourth-order valence-electron chi connectivity index (χ4n) is 1.40. The van der Waals surface area contributed by atoms with Crippen LogP contribution in [-0.2, 0) is 24.2 Å². The zero-order valence-electron chi connectivity index (χ0n) is 12.3. The van der Waals surface area contributed by atoms with Crippen LogP contribution >= 0.6 is 0 Å². The molecule has 2 unspecified atom stereocenters. The van der Waals surface area contributed by atoms with Gasteiger partial charge in [0.1, 0.15) is 5.25 Å². The highest BCUT2D eigenvalue weighted by atomic mass is 32.2. The van der Waals surface area contributed by atoms with Gasteiger partial charge in [-0.1, -0.05) is 0 Å². The zero-order chi connectivity index (χ0) is 15.4. The lowest BCUT2D eigenvalue weighted by atomic mass is 10.1. The minimum Gasteiger partial charge on any atom is -0.469 e. The molecule has 0 rings (SSSR count). The van der Waals surface area contributed by atoms with Crippen molar-refractivity contribution in [2.45, 2.75) is 57.1 Å². The third kappa shape index (κ3) is 5.59. The number of nitrogens with one attached hydrogen (secondary N) is 1. The van der Waals surface area contributed by atoms with Crippen molar-refractivity contribution >= 4 is 21.7 Å². The van der Waals surface area contributed by atoms with Gasteiger partial charge < -0.3 is 10.1 Å². The number of carbonyl (C=O) groups excluding carboxylic acids is 2. The third-order valence-corrected chi connectivity index (χ3v) is 5.09. The highest BCUT2D eigenvalue weighted by Gasteiger charge is 2.35. The number of carbonyl (C=O) groups is 2. The molecule has 0 spiro atoms. The number of hydrogen-bond donors (Lipinski definition) is 1. The Bertz CT molecular complexity index is 436. The first kappa shape index (κ1) is 17.9. The van der Waals surface area contributed by atoms with E-state index < -0.39 is 37.8 Å². The van der Waals surface area contributed by atoms with Gasteiger partial charge in [-0.3, -0.25) is 9.59 Å². The van der Waals surface area contributed by atoms with E-state index in [1.165, 1.54) is 21.0 Å². The van der Waals surface area contributed by atoms with Gasteiger partial charge in [-0.2, -0.15) is 0 Å². The summed E-state index contributed by atoms with van der Waals surface area (Å²) in [6.07, 6.45) is -0.258. The molecule has 7 heteroatoms. The van der Waals surface area contributed by atoms with E-state index in [0.717, 1.165) is 0 Å². The molecule has 0 saturated heterocycles. The molecule has 0 aromatic rings. The number of amides is 1. The molecule has 0 saturated carbocycles. The molecule has 0 fully saturated rings. The van der Waals surface area contributed by atoms with Crippen LogP contribution in [0.25, 0.3) is 0 Å². The molecule has 1 N–H and O–H groups in total. The summed E-state index contributed by atoms with van der Waals surface area (Å²) in [6.45, 7) is 8.02. The van der Waals surface area contributed by atoms with Crippen LogP contribution in [0.2, 0.25) is 0 Å². The van der Waals surface area contributed by atoms with Crippen LogP contribution in [0, 0.1) is 0 Å². The molecule has 6 nitrogen and oxygen atoms in total. The van der Waals surface area contributed by atoms with E-state index in [0.29, 0.717) is 0 Å². The zero-order valence-corrected chi connectivity index (χ0v) is 13.1. The second kappa shape index (κ2) is 6.36. The molecule has 0 aliphatic heterocycles. The quantitative estimate of drug-likeness (QED) is 0.752. The Labute approximate surface area is 114 Å². The van der Waals surface area contributed by atoms with Crippen molar-refractivity contribution in [2.75, 3.05) is 7.11 Å². The SMILES string of the molecule is COC(=O)CC(C)S(=O)(=O)C(C)C(=O)NC(C)(C)C. The van der Waals surface area contributed by atoms with Crippen LogP contribution in [0.4, 0.5) is 0 Å². The van der Waals surface area contributed by atoms with Crippen LogP contribution in [0.1, 0.15) is 41.0 Å². The first-order chi connectivity index (χ1) is 8.41. The van der Waals surface area contributed by atoms with Gasteiger partial charge in [-0.15, -0.1) is 0 Å². The number of ether oxygens (including phenoxy) is 1. The molecule has 2 atom stereocenters. The van der Waals surface area contributed by atoms with E-state index in [4.69, 9.17) is 0 Å². The molecule has 0 radical (unpaired) electrons. The van der Waals surface area contributed by atoms with Gasteiger partial charge in [0.2, 0.25) is 5.91 Å². The second-order valence-electron chi connectivity index (χ2n) is 5.56. The average molecular weight is 293 g/mol. The maximum Gasteiger partial charge on any atom is 0.306 e.